The van der Waals surface area contributed by atoms with Crippen LogP contribution in [-0.2, 0) is 5.41 Å². The van der Waals surface area contributed by atoms with Crippen molar-refractivity contribution in [2.75, 3.05) is 12.8 Å². The van der Waals surface area contributed by atoms with Crippen molar-refractivity contribution in [3.05, 3.63) is 28.4 Å². The third-order valence-corrected chi connectivity index (χ3v) is 3.44. The zero-order valence-electron chi connectivity index (χ0n) is 11.4. The van der Waals surface area contributed by atoms with E-state index < -0.39 is 0 Å². The Morgan fingerprint density at radius 3 is 2.58 bits per heavy atom. The lowest BCUT2D eigenvalue weighted by Gasteiger charge is -2.20. The summed E-state index contributed by atoms with van der Waals surface area (Å²) in [6.45, 7) is 6.23. The second kappa shape index (κ2) is 4.85. The van der Waals surface area contributed by atoms with Gasteiger partial charge in [-0.1, -0.05) is 26.0 Å². The first-order chi connectivity index (χ1) is 8.84. The number of hydrogen-bond donors (Lipinski definition) is 1. The van der Waals surface area contributed by atoms with Gasteiger partial charge in [0.2, 0.25) is 0 Å². The smallest absolute Gasteiger partial charge is 0.170 e. The van der Waals surface area contributed by atoms with Crippen LogP contribution in [0.2, 0.25) is 0 Å². The molecule has 102 valence electrons. The largest absolute Gasteiger partial charge is 0.495 e. The zero-order chi connectivity index (χ0) is 14.2. The molecule has 2 rings (SSSR count). The standard InChI is InChI=1S/C13H17BrN4O/c1-13(2,3)11-12(15)16-17-18(11)8-5-6-9(14)10(7-8)19-4/h5-7H,15H2,1-4H3. The van der Waals surface area contributed by atoms with Crippen molar-refractivity contribution in [2.24, 2.45) is 0 Å². The van der Waals surface area contributed by atoms with Gasteiger partial charge in [-0.05, 0) is 28.1 Å². The molecule has 1 aromatic heterocycles. The minimum Gasteiger partial charge on any atom is -0.495 e. The van der Waals surface area contributed by atoms with Crippen molar-refractivity contribution in [1.82, 2.24) is 15.0 Å². The molecule has 0 atom stereocenters. The van der Waals surface area contributed by atoms with Gasteiger partial charge in [-0.15, -0.1) is 5.10 Å². The van der Waals surface area contributed by atoms with E-state index in [1.165, 1.54) is 0 Å². The van der Waals surface area contributed by atoms with Crippen molar-refractivity contribution < 1.29 is 4.74 Å². The zero-order valence-corrected chi connectivity index (χ0v) is 13.0. The highest BCUT2D eigenvalue weighted by Gasteiger charge is 2.25. The third kappa shape index (κ3) is 2.58. The molecule has 1 heterocycles. The summed E-state index contributed by atoms with van der Waals surface area (Å²) in [5, 5.41) is 8.10. The van der Waals surface area contributed by atoms with E-state index in [1.807, 2.05) is 18.2 Å². The van der Waals surface area contributed by atoms with Crippen molar-refractivity contribution in [3.8, 4) is 11.4 Å². The summed E-state index contributed by atoms with van der Waals surface area (Å²) in [5.41, 5.74) is 7.54. The van der Waals surface area contributed by atoms with Crippen LogP contribution >= 0.6 is 15.9 Å². The van der Waals surface area contributed by atoms with Gasteiger partial charge in [0.1, 0.15) is 5.75 Å². The Labute approximate surface area is 120 Å². The number of aromatic nitrogens is 3. The Hall–Kier alpha value is -1.56. The van der Waals surface area contributed by atoms with Crippen LogP contribution in [0.25, 0.3) is 5.69 Å². The lowest BCUT2D eigenvalue weighted by Crippen LogP contribution is -2.19. The van der Waals surface area contributed by atoms with Crippen molar-refractivity contribution in [1.29, 1.82) is 0 Å². The van der Waals surface area contributed by atoms with Crippen LogP contribution in [0.3, 0.4) is 0 Å². The van der Waals surface area contributed by atoms with Gasteiger partial charge in [-0.25, -0.2) is 4.68 Å². The van der Waals surface area contributed by atoms with E-state index in [-0.39, 0.29) is 5.41 Å². The Morgan fingerprint density at radius 1 is 1.32 bits per heavy atom. The highest BCUT2D eigenvalue weighted by molar-refractivity contribution is 9.10. The molecule has 0 aliphatic heterocycles. The molecular weight excluding hydrogens is 308 g/mol. The SMILES string of the molecule is COc1cc(-n2nnc(N)c2C(C)(C)C)ccc1Br. The molecule has 1 aromatic carbocycles. The second-order valence-corrected chi connectivity index (χ2v) is 6.16. The fourth-order valence-electron chi connectivity index (χ4n) is 1.96. The molecule has 0 amide bonds. The van der Waals surface area contributed by atoms with Gasteiger partial charge in [0.25, 0.3) is 0 Å². The number of hydrogen-bond acceptors (Lipinski definition) is 4. The van der Waals surface area contributed by atoms with Gasteiger partial charge >= 0.3 is 0 Å². The van der Waals surface area contributed by atoms with E-state index in [0.717, 1.165) is 21.6 Å². The van der Waals surface area contributed by atoms with Gasteiger partial charge in [-0.2, -0.15) is 0 Å². The summed E-state index contributed by atoms with van der Waals surface area (Å²) in [5.74, 6) is 1.20. The molecule has 0 radical (unpaired) electrons. The summed E-state index contributed by atoms with van der Waals surface area (Å²) in [6, 6.07) is 5.75. The highest BCUT2D eigenvalue weighted by atomic mass is 79.9. The van der Waals surface area contributed by atoms with Crippen molar-refractivity contribution >= 4 is 21.7 Å². The van der Waals surface area contributed by atoms with Crippen molar-refractivity contribution in [2.45, 2.75) is 26.2 Å². The maximum absolute atomic E-state index is 5.93. The Kier molecular flexibility index (Phi) is 3.54. The van der Waals surface area contributed by atoms with Gasteiger partial charge in [0.15, 0.2) is 5.82 Å². The topological polar surface area (TPSA) is 66.0 Å². The minimum absolute atomic E-state index is 0.145. The number of nitrogens with zero attached hydrogens (tertiary/aromatic N) is 3. The lowest BCUT2D eigenvalue weighted by atomic mass is 9.91. The summed E-state index contributed by atoms with van der Waals surface area (Å²) < 4.78 is 7.95. The molecular formula is C13H17BrN4O. The molecule has 0 aliphatic carbocycles. The van der Waals surface area contributed by atoms with Crippen LogP contribution in [0, 0.1) is 0 Å². The molecule has 0 fully saturated rings. The fourth-order valence-corrected chi connectivity index (χ4v) is 2.36. The number of benzene rings is 1. The minimum atomic E-state index is -0.145. The molecule has 6 heteroatoms. The predicted molar refractivity (Wildman–Crippen MR) is 78.7 cm³/mol. The quantitative estimate of drug-likeness (QED) is 0.922. The van der Waals surface area contributed by atoms with E-state index in [0.29, 0.717) is 5.82 Å². The summed E-state index contributed by atoms with van der Waals surface area (Å²) in [7, 11) is 1.63. The molecule has 0 unspecified atom stereocenters. The van der Waals surface area contributed by atoms with E-state index in [1.54, 1.807) is 11.8 Å². The van der Waals surface area contributed by atoms with Crippen LogP contribution < -0.4 is 10.5 Å². The predicted octanol–water partition coefficient (Wildman–Crippen LogP) is 2.92. The highest BCUT2D eigenvalue weighted by Crippen LogP contribution is 2.31. The van der Waals surface area contributed by atoms with E-state index in [4.69, 9.17) is 10.5 Å². The number of nitrogens with two attached hydrogens (primary N) is 1. The first-order valence-electron chi connectivity index (χ1n) is 5.90. The molecule has 2 aromatic rings. The maximum atomic E-state index is 5.93. The number of ether oxygens (including phenoxy) is 1. The number of halogens is 1. The molecule has 2 N–H and O–H groups in total. The number of anilines is 1. The third-order valence-electron chi connectivity index (χ3n) is 2.79. The molecule has 0 spiro atoms. The van der Waals surface area contributed by atoms with Gasteiger partial charge < -0.3 is 10.5 Å². The first-order valence-corrected chi connectivity index (χ1v) is 6.69. The van der Waals surface area contributed by atoms with Gasteiger partial charge in [0, 0.05) is 11.5 Å². The average molecular weight is 325 g/mol. The molecule has 5 nitrogen and oxygen atoms in total. The number of rotatable bonds is 2. The maximum Gasteiger partial charge on any atom is 0.170 e. The van der Waals surface area contributed by atoms with Crippen LogP contribution in [0.5, 0.6) is 5.75 Å². The number of nitrogen functional groups attached to an aromatic ring is 1. The summed E-state index contributed by atoms with van der Waals surface area (Å²) in [4.78, 5) is 0. The monoisotopic (exact) mass is 324 g/mol. The Morgan fingerprint density at radius 2 is 2.00 bits per heavy atom. The second-order valence-electron chi connectivity index (χ2n) is 5.30. The Bertz CT molecular complexity index is 601. The summed E-state index contributed by atoms with van der Waals surface area (Å²) in [6.07, 6.45) is 0. The van der Waals surface area contributed by atoms with Gasteiger partial charge in [-0.3, -0.25) is 0 Å². The normalized spacial score (nSPS) is 11.6. The first kappa shape index (κ1) is 13.9. The lowest BCUT2D eigenvalue weighted by molar-refractivity contribution is 0.411. The molecule has 0 saturated heterocycles. The van der Waals surface area contributed by atoms with E-state index in [2.05, 4.69) is 47.0 Å². The number of methoxy groups -OCH3 is 1. The van der Waals surface area contributed by atoms with E-state index >= 15 is 0 Å². The van der Waals surface area contributed by atoms with Crippen LogP contribution in [0.4, 0.5) is 5.82 Å². The summed E-state index contributed by atoms with van der Waals surface area (Å²) >= 11 is 3.43. The Balaban J connectivity index is 2.60. The van der Waals surface area contributed by atoms with Crippen LogP contribution in [0.1, 0.15) is 26.5 Å². The molecule has 0 aliphatic rings. The van der Waals surface area contributed by atoms with Crippen LogP contribution in [0.15, 0.2) is 22.7 Å². The van der Waals surface area contributed by atoms with Gasteiger partial charge in [0.05, 0.1) is 23.0 Å². The van der Waals surface area contributed by atoms with E-state index in [9.17, 15) is 0 Å². The molecule has 19 heavy (non-hydrogen) atoms. The van der Waals surface area contributed by atoms with Crippen molar-refractivity contribution in [3.63, 3.8) is 0 Å². The van der Waals surface area contributed by atoms with Crippen LogP contribution in [-0.4, -0.2) is 22.1 Å². The molecule has 0 bridgehead atoms. The molecule has 0 saturated carbocycles. The fraction of sp³-hybridized carbons (Fsp3) is 0.385. The average Bonchev–Trinajstić information content (AvgIpc) is 2.71.